The molecular weight excluding hydrogens is 464 g/mol. The van der Waals surface area contributed by atoms with Gasteiger partial charge >= 0.3 is 12.1 Å². The number of pyridine rings is 1. The van der Waals surface area contributed by atoms with Gasteiger partial charge < -0.3 is 24.3 Å². The second kappa shape index (κ2) is 7.87. The van der Waals surface area contributed by atoms with Crippen molar-refractivity contribution in [2.45, 2.75) is 19.9 Å². The minimum absolute atomic E-state index is 0.0539. The molecule has 0 aromatic carbocycles. The molecule has 2 rings (SSSR count). The molecule has 8 nitrogen and oxygen atoms in total. The van der Waals surface area contributed by atoms with Crippen molar-refractivity contribution < 1.29 is 28.6 Å². The van der Waals surface area contributed by atoms with E-state index in [9.17, 15) is 14.7 Å². The van der Waals surface area contributed by atoms with Gasteiger partial charge in [-0.25, -0.2) is 14.6 Å². The summed E-state index contributed by atoms with van der Waals surface area (Å²) in [7, 11) is 1.17. The molecule has 0 saturated carbocycles. The molecule has 10 heteroatoms. The molecule has 0 aliphatic rings. The van der Waals surface area contributed by atoms with Crippen LogP contribution in [0.2, 0.25) is 0 Å². The third-order valence-corrected chi connectivity index (χ3v) is 4.58. The van der Waals surface area contributed by atoms with Gasteiger partial charge in [-0.15, -0.1) is 0 Å². The molecule has 2 aromatic rings. The van der Waals surface area contributed by atoms with E-state index in [0.717, 1.165) is 4.47 Å². The topological polar surface area (TPSA) is 111 Å². The highest BCUT2D eigenvalue weighted by molar-refractivity contribution is 9.11. The van der Waals surface area contributed by atoms with Crippen molar-refractivity contribution in [3.8, 4) is 5.75 Å². The van der Waals surface area contributed by atoms with Gasteiger partial charge in [0.15, 0.2) is 11.8 Å². The van der Waals surface area contributed by atoms with Crippen LogP contribution in [0.5, 0.6) is 5.75 Å². The Hall–Kier alpha value is -2.07. The summed E-state index contributed by atoms with van der Waals surface area (Å²) in [6, 6.07) is 1.83. The summed E-state index contributed by atoms with van der Waals surface area (Å²) < 4.78 is 16.1. The van der Waals surface area contributed by atoms with Crippen molar-refractivity contribution in [1.82, 2.24) is 4.98 Å². The van der Waals surface area contributed by atoms with E-state index in [0.29, 0.717) is 16.0 Å². The monoisotopic (exact) mass is 476 g/mol. The molecule has 0 fully saturated rings. The maximum Gasteiger partial charge on any atom is 0.513 e. The summed E-state index contributed by atoms with van der Waals surface area (Å²) in [5, 5.41) is 12.3. The lowest BCUT2D eigenvalue weighted by molar-refractivity contribution is -0.138. The fourth-order valence-corrected chi connectivity index (χ4v) is 2.97. The molecule has 2 N–H and O–H groups in total. The Balaban J connectivity index is 2.33. The van der Waals surface area contributed by atoms with Gasteiger partial charge in [-0.05, 0) is 51.8 Å². The van der Waals surface area contributed by atoms with Crippen LogP contribution in [0.25, 0.3) is 0 Å². The van der Waals surface area contributed by atoms with Gasteiger partial charge in [-0.3, -0.25) is 0 Å². The van der Waals surface area contributed by atoms with Crippen LogP contribution >= 0.6 is 31.9 Å². The van der Waals surface area contributed by atoms with E-state index in [1.54, 1.807) is 19.9 Å². The summed E-state index contributed by atoms with van der Waals surface area (Å²) in [5.41, 5.74) is 0.681. The van der Waals surface area contributed by atoms with E-state index in [1.165, 1.54) is 13.2 Å². The quantitative estimate of drug-likeness (QED) is 0.616. The van der Waals surface area contributed by atoms with Gasteiger partial charge in [-0.1, -0.05) is 0 Å². The number of halogens is 2. The maximum atomic E-state index is 11.7. The Labute approximate surface area is 159 Å². The van der Waals surface area contributed by atoms with Crippen molar-refractivity contribution in [1.29, 1.82) is 0 Å². The maximum absolute atomic E-state index is 11.7. The number of aliphatic carboxylic acids is 1. The van der Waals surface area contributed by atoms with Crippen LogP contribution in [0, 0.1) is 13.8 Å². The Morgan fingerprint density at radius 3 is 2.56 bits per heavy atom. The number of aryl methyl sites for hydroxylation is 2. The van der Waals surface area contributed by atoms with E-state index >= 15 is 0 Å². The highest BCUT2D eigenvalue weighted by Gasteiger charge is 2.27. The van der Waals surface area contributed by atoms with E-state index in [2.05, 4.69) is 46.9 Å². The number of carbonyl (C=O) groups excluding carboxylic acids is 1. The highest BCUT2D eigenvalue weighted by Crippen LogP contribution is 2.32. The Morgan fingerprint density at radius 2 is 1.96 bits per heavy atom. The molecule has 134 valence electrons. The predicted molar refractivity (Wildman–Crippen MR) is 94.9 cm³/mol. The average Bonchev–Trinajstić information content (AvgIpc) is 2.89. The minimum atomic E-state index is -1.24. The molecule has 0 aliphatic carbocycles. The van der Waals surface area contributed by atoms with Crippen LogP contribution in [0.15, 0.2) is 25.5 Å². The number of rotatable bonds is 5. The number of carboxylic acid groups (broad SMARTS) is 1. The fraction of sp³-hybridized carbons (Fsp3) is 0.267. The van der Waals surface area contributed by atoms with Crippen LogP contribution in [0.1, 0.15) is 23.3 Å². The van der Waals surface area contributed by atoms with E-state index in [4.69, 9.17) is 9.15 Å². The van der Waals surface area contributed by atoms with Crippen molar-refractivity contribution in [2.75, 3.05) is 12.4 Å². The summed E-state index contributed by atoms with van der Waals surface area (Å²) in [6.07, 6.45) is -0.928. The third-order valence-electron chi connectivity index (χ3n) is 3.17. The first kappa shape index (κ1) is 19.3. The van der Waals surface area contributed by atoms with Gasteiger partial charge in [0.2, 0.25) is 0 Å². The van der Waals surface area contributed by atoms with Crippen molar-refractivity contribution in [3.63, 3.8) is 0 Å². The zero-order chi connectivity index (χ0) is 18.7. The molecule has 0 saturated heterocycles. The molecule has 1 unspecified atom stereocenters. The average molecular weight is 478 g/mol. The number of carboxylic acids is 1. The predicted octanol–water partition coefficient (Wildman–Crippen LogP) is 4.20. The number of methoxy groups -OCH3 is 1. The number of anilines is 1. The second-order valence-corrected chi connectivity index (χ2v) is 6.64. The first-order chi connectivity index (χ1) is 11.7. The highest BCUT2D eigenvalue weighted by atomic mass is 79.9. The Morgan fingerprint density at radius 1 is 1.28 bits per heavy atom. The summed E-state index contributed by atoms with van der Waals surface area (Å²) in [5.74, 6) is -0.482. The molecule has 0 radical (unpaired) electrons. The number of carbonyl (C=O) groups is 2. The van der Waals surface area contributed by atoms with Crippen LogP contribution in [-0.4, -0.2) is 29.3 Å². The van der Waals surface area contributed by atoms with Crippen LogP contribution < -0.4 is 10.1 Å². The number of hydrogen-bond acceptors (Lipinski definition) is 7. The molecule has 0 amide bonds. The third kappa shape index (κ3) is 4.51. The summed E-state index contributed by atoms with van der Waals surface area (Å²) in [6.45, 7) is 3.31. The summed E-state index contributed by atoms with van der Waals surface area (Å²) >= 11 is 6.68. The number of hydrogen-bond donors (Lipinski definition) is 2. The summed E-state index contributed by atoms with van der Waals surface area (Å²) in [4.78, 5) is 27.2. The molecule has 2 aromatic heterocycles. The lowest BCUT2D eigenvalue weighted by Gasteiger charge is -2.15. The number of aromatic nitrogens is 1. The van der Waals surface area contributed by atoms with Gasteiger partial charge in [0.25, 0.3) is 0 Å². The normalized spacial score (nSPS) is 11.7. The zero-order valence-electron chi connectivity index (χ0n) is 13.4. The molecule has 0 aliphatic heterocycles. The minimum Gasteiger partial charge on any atom is -0.479 e. The zero-order valence-corrected chi connectivity index (χ0v) is 16.6. The van der Waals surface area contributed by atoms with Gasteiger partial charge in [0, 0.05) is 10.5 Å². The molecule has 2 heterocycles. The second-order valence-electron chi connectivity index (χ2n) is 4.93. The molecule has 0 spiro atoms. The van der Waals surface area contributed by atoms with Crippen LogP contribution in [-0.2, 0) is 9.53 Å². The van der Waals surface area contributed by atoms with Gasteiger partial charge in [0.1, 0.15) is 17.3 Å². The van der Waals surface area contributed by atoms with Crippen LogP contribution in [0.4, 0.5) is 10.6 Å². The number of nitrogens with zero attached hydrogens (tertiary/aromatic N) is 1. The SMILES string of the molecule is COC(=O)Oc1cc(C(Nc2nc(C)c(Br)cc2Br)C(=O)O)oc1C. The van der Waals surface area contributed by atoms with E-state index < -0.39 is 18.2 Å². The first-order valence-electron chi connectivity index (χ1n) is 6.91. The van der Waals surface area contributed by atoms with Crippen LogP contribution in [0.3, 0.4) is 0 Å². The number of ether oxygens (including phenoxy) is 2. The lowest BCUT2D eigenvalue weighted by Crippen LogP contribution is -2.21. The van der Waals surface area contributed by atoms with Crippen molar-refractivity contribution >= 4 is 49.8 Å². The fourth-order valence-electron chi connectivity index (χ4n) is 1.91. The van der Waals surface area contributed by atoms with Crippen molar-refractivity contribution in [3.05, 3.63) is 38.3 Å². The molecular formula is C15H14Br2N2O6. The molecule has 0 bridgehead atoms. The van der Waals surface area contributed by atoms with E-state index in [1.807, 2.05) is 0 Å². The molecule has 1 atom stereocenters. The smallest absolute Gasteiger partial charge is 0.479 e. The Kier molecular flexibility index (Phi) is 6.07. The van der Waals surface area contributed by atoms with Gasteiger partial charge in [-0.2, -0.15) is 0 Å². The van der Waals surface area contributed by atoms with Gasteiger partial charge in [0.05, 0.1) is 17.3 Å². The standard InChI is InChI=1S/C15H14Br2N2O6/c1-6-8(16)4-9(17)13(18-6)19-12(14(20)21)11-5-10(7(2)24-11)25-15(22)23-3/h4-5,12H,1-3H3,(H,18,19)(H,20,21). The first-order valence-corrected chi connectivity index (χ1v) is 8.49. The number of furan rings is 1. The number of nitrogens with one attached hydrogen (secondary N) is 1. The lowest BCUT2D eigenvalue weighted by atomic mass is 10.2. The Bertz CT molecular complexity index is 821. The molecule has 25 heavy (non-hydrogen) atoms. The van der Waals surface area contributed by atoms with E-state index in [-0.39, 0.29) is 17.3 Å². The van der Waals surface area contributed by atoms with Crippen molar-refractivity contribution in [2.24, 2.45) is 0 Å². The largest absolute Gasteiger partial charge is 0.513 e.